The molecule has 2 fully saturated rings. The fourth-order valence-electron chi connectivity index (χ4n) is 3.15. The molecule has 3 rings (SSSR count). The molecule has 2 aliphatic rings. The van der Waals surface area contributed by atoms with Gasteiger partial charge in [-0.3, -0.25) is 0 Å². The molecule has 3 heterocycles. The van der Waals surface area contributed by atoms with Crippen LogP contribution >= 0.6 is 0 Å². The molecule has 0 aliphatic carbocycles. The predicted octanol–water partition coefficient (Wildman–Crippen LogP) is 0.559. The molecule has 0 amide bonds. The zero-order chi connectivity index (χ0) is 16.3. The molecule has 8 heteroatoms. The third-order valence-corrected chi connectivity index (χ3v) is 6.59. The summed E-state index contributed by atoms with van der Waals surface area (Å²) >= 11 is 0. The zero-order valence-electron chi connectivity index (χ0n) is 13.5. The van der Waals surface area contributed by atoms with Crippen molar-refractivity contribution in [2.45, 2.75) is 18.9 Å². The predicted molar refractivity (Wildman–Crippen MR) is 88.5 cm³/mol. The molecule has 0 radical (unpaired) electrons. The lowest BCUT2D eigenvalue weighted by molar-refractivity contribution is 0.0696. The summed E-state index contributed by atoms with van der Waals surface area (Å²) in [4.78, 5) is 6.55. The van der Waals surface area contributed by atoms with Crippen molar-refractivity contribution in [3.63, 3.8) is 0 Å². The lowest BCUT2D eigenvalue weighted by Crippen LogP contribution is -2.54. The number of piperidine rings is 1. The summed E-state index contributed by atoms with van der Waals surface area (Å²) in [5, 5.41) is 0. The molecule has 23 heavy (non-hydrogen) atoms. The number of aromatic nitrogens is 1. The first-order valence-electron chi connectivity index (χ1n) is 8.06. The number of hydrogen-bond donors (Lipinski definition) is 0. The summed E-state index contributed by atoms with van der Waals surface area (Å²) in [5.74, 6) is 0.911. The van der Waals surface area contributed by atoms with E-state index in [0.717, 1.165) is 25.2 Å². The lowest BCUT2D eigenvalue weighted by atomic mass is 10.1. The van der Waals surface area contributed by atoms with E-state index in [9.17, 15) is 8.42 Å². The van der Waals surface area contributed by atoms with Crippen LogP contribution in [-0.4, -0.2) is 74.5 Å². The molecule has 2 aliphatic heterocycles. The van der Waals surface area contributed by atoms with Gasteiger partial charge in [-0.1, -0.05) is 6.07 Å². The molecule has 1 atom stereocenters. The number of ether oxygens (including phenoxy) is 1. The molecular formula is C15H24N4O3S. The molecule has 1 aromatic rings. The van der Waals surface area contributed by atoms with E-state index in [-0.39, 0.29) is 6.04 Å². The van der Waals surface area contributed by atoms with Crippen molar-refractivity contribution in [3.05, 3.63) is 24.4 Å². The smallest absolute Gasteiger partial charge is 0.282 e. The summed E-state index contributed by atoms with van der Waals surface area (Å²) in [6.45, 7) is 3.40. The third kappa shape index (κ3) is 3.65. The van der Waals surface area contributed by atoms with Gasteiger partial charge in [-0.25, -0.2) is 4.98 Å². The topological polar surface area (TPSA) is 66.0 Å². The van der Waals surface area contributed by atoms with Crippen LogP contribution < -0.4 is 4.90 Å². The van der Waals surface area contributed by atoms with Gasteiger partial charge in [0.1, 0.15) is 5.82 Å². The molecule has 1 aromatic heterocycles. The molecule has 7 nitrogen and oxygen atoms in total. The van der Waals surface area contributed by atoms with Crippen LogP contribution in [0.4, 0.5) is 5.82 Å². The molecule has 0 saturated carbocycles. The summed E-state index contributed by atoms with van der Waals surface area (Å²) in [6, 6.07) is 5.79. The quantitative estimate of drug-likeness (QED) is 0.801. The summed E-state index contributed by atoms with van der Waals surface area (Å²) in [7, 11) is -1.74. The van der Waals surface area contributed by atoms with Gasteiger partial charge in [0.15, 0.2) is 0 Å². The van der Waals surface area contributed by atoms with Crippen molar-refractivity contribution in [2.24, 2.45) is 0 Å². The van der Waals surface area contributed by atoms with Crippen molar-refractivity contribution in [3.8, 4) is 0 Å². The van der Waals surface area contributed by atoms with Crippen LogP contribution in [0.5, 0.6) is 0 Å². The van der Waals surface area contributed by atoms with Crippen molar-refractivity contribution in [2.75, 3.05) is 51.3 Å². The van der Waals surface area contributed by atoms with Gasteiger partial charge in [0, 0.05) is 45.5 Å². The highest BCUT2D eigenvalue weighted by atomic mass is 32.2. The van der Waals surface area contributed by atoms with Gasteiger partial charge in [-0.15, -0.1) is 0 Å². The molecule has 0 aromatic carbocycles. The minimum Gasteiger partial charge on any atom is -0.379 e. The van der Waals surface area contributed by atoms with Gasteiger partial charge in [-0.2, -0.15) is 17.0 Å². The average Bonchev–Trinajstić information content (AvgIpc) is 2.62. The molecule has 1 unspecified atom stereocenters. The maximum atomic E-state index is 12.8. The van der Waals surface area contributed by atoms with Gasteiger partial charge in [0.25, 0.3) is 10.2 Å². The normalized spacial score (nSPS) is 24.1. The maximum Gasteiger partial charge on any atom is 0.282 e. The highest BCUT2D eigenvalue weighted by molar-refractivity contribution is 7.86. The lowest BCUT2D eigenvalue weighted by Gasteiger charge is -2.39. The SMILES string of the molecule is CN(C1CCCN(c2ccccn2)C1)S(=O)(=O)N1CCOCC1. The van der Waals surface area contributed by atoms with Gasteiger partial charge < -0.3 is 9.64 Å². The second-order valence-corrected chi connectivity index (χ2v) is 7.95. The summed E-state index contributed by atoms with van der Waals surface area (Å²) in [6.07, 6.45) is 3.61. The first-order chi connectivity index (χ1) is 11.1. The Labute approximate surface area is 138 Å². The van der Waals surface area contributed by atoms with E-state index < -0.39 is 10.2 Å². The zero-order valence-corrected chi connectivity index (χ0v) is 14.3. The van der Waals surface area contributed by atoms with Gasteiger partial charge in [0.2, 0.25) is 0 Å². The molecule has 0 bridgehead atoms. The van der Waals surface area contributed by atoms with Crippen molar-refractivity contribution >= 4 is 16.0 Å². The van der Waals surface area contributed by atoms with Crippen LogP contribution in [0, 0.1) is 0 Å². The maximum absolute atomic E-state index is 12.8. The standard InChI is InChI=1S/C15H24N4O3S/c1-17(23(20,21)19-9-11-22-12-10-19)14-5-4-8-18(13-14)15-6-2-3-7-16-15/h2-3,6-7,14H,4-5,8-13H2,1H3. The van der Waals surface area contributed by atoms with Crippen LogP contribution in [0.3, 0.4) is 0 Å². The van der Waals surface area contributed by atoms with E-state index in [2.05, 4.69) is 9.88 Å². The first-order valence-corrected chi connectivity index (χ1v) is 9.45. The number of morpholine rings is 1. The van der Waals surface area contributed by atoms with E-state index in [1.165, 1.54) is 8.61 Å². The van der Waals surface area contributed by atoms with Crippen LogP contribution in [0.2, 0.25) is 0 Å². The van der Waals surface area contributed by atoms with Crippen molar-refractivity contribution in [1.29, 1.82) is 0 Å². The highest BCUT2D eigenvalue weighted by Gasteiger charge is 2.35. The number of rotatable bonds is 4. The fraction of sp³-hybridized carbons (Fsp3) is 0.667. The Morgan fingerprint density at radius 3 is 2.74 bits per heavy atom. The Kier molecular flexibility index (Phi) is 5.15. The molecule has 0 N–H and O–H groups in total. The Balaban J connectivity index is 1.70. The van der Waals surface area contributed by atoms with Crippen LogP contribution in [-0.2, 0) is 14.9 Å². The van der Waals surface area contributed by atoms with E-state index in [1.807, 2.05) is 18.2 Å². The summed E-state index contributed by atoms with van der Waals surface area (Å²) < 4.78 is 33.9. The Morgan fingerprint density at radius 2 is 2.04 bits per heavy atom. The number of likely N-dealkylation sites (N-methyl/N-ethyl adjacent to an activating group) is 1. The minimum absolute atomic E-state index is 0.0291. The number of pyridine rings is 1. The monoisotopic (exact) mass is 340 g/mol. The first kappa shape index (κ1) is 16.6. The molecule has 2 saturated heterocycles. The summed E-state index contributed by atoms with van der Waals surface area (Å²) in [5.41, 5.74) is 0. The molecule has 128 valence electrons. The number of anilines is 1. The second-order valence-electron chi connectivity index (χ2n) is 5.97. The Bertz CT molecular complexity index is 604. The van der Waals surface area contributed by atoms with Crippen molar-refractivity contribution in [1.82, 2.24) is 13.6 Å². The van der Waals surface area contributed by atoms with Gasteiger partial charge in [0.05, 0.1) is 13.2 Å². The second kappa shape index (κ2) is 7.12. The number of nitrogens with zero attached hydrogens (tertiary/aromatic N) is 4. The van der Waals surface area contributed by atoms with Gasteiger partial charge in [-0.05, 0) is 25.0 Å². The third-order valence-electron chi connectivity index (χ3n) is 4.54. The van der Waals surface area contributed by atoms with E-state index >= 15 is 0 Å². The minimum atomic E-state index is -3.43. The fourth-order valence-corrected chi connectivity index (χ4v) is 4.67. The van der Waals surface area contributed by atoms with Crippen molar-refractivity contribution < 1.29 is 13.2 Å². The number of hydrogen-bond acceptors (Lipinski definition) is 5. The van der Waals surface area contributed by atoms with Crippen LogP contribution in [0.25, 0.3) is 0 Å². The van der Waals surface area contributed by atoms with E-state index in [4.69, 9.17) is 4.74 Å². The largest absolute Gasteiger partial charge is 0.379 e. The van der Waals surface area contributed by atoms with Crippen LogP contribution in [0.1, 0.15) is 12.8 Å². The van der Waals surface area contributed by atoms with Crippen LogP contribution in [0.15, 0.2) is 24.4 Å². The highest BCUT2D eigenvalue weighted by Crippen LogP contribution is 2.23. The average molecular weight is 340 g/mol. The van der Waals surface area contributed by atoms with Gasteiger partial charge >= 0.3 is 0 Å². The molecular weight excluding hydrogens is 316 g/mol. The Morgan fingerprint density at radius 1 is 1.26 bits per heavy atom. The van der Waals surface area contributed by atoms with E-state index in [1.54, 1.807) is 13.2 Å². The molecule has 0 spiro atoms. The van der Waals surface area contributed by atoms with E-state index in [0.29, 0.717) is 32.8 Å². The Hall–Kier alpha value is -1.22.